The van der Waals surface area contributed by atoms with Crippen LogP contribution in [0.15, 0.2) is 12.3 Å². The number of hydrogen-bond acceptors (Lipinski definition) is 2. The molecule has 3 heteroatoms. The van der Waals surface area contributed by atoms with E-state index in [4.69, 9.17) is 0 Å². The van der Waals surface area contributed by atoms with Gasteiger partial charge >= 0.3 is 0 Å². The Bertz CT molecular complexity index is 249. The van der Waals surface area contributed by atoms with Gasteiger partial charge in [-0.05, 0) is 31.7 Å². The molecular formula is C10H17N3. The molecule has 0 bridgehead atoms. The largest absolute Gasteiger partial charge is 0.306 e. The lowest BCUT2D eigenvalue weighted by Gasteiger charge is -2.35. The molecule has 0 saturated heterocycles. The fraction of sp³-hybridized carbons (Fsp3) is 0.700. The molecule has 1 aromatic rings. The van der Waals surface area contributed by atoms with Crippen molar-refractivity contribution in [3.05, 3.63) is 18.0 Å². The van der Waals surface area contributed by atoms with E-state index in [1.165, 1.54) is 18.5 Å². The van der Waals surface area contributed by atoms with Crippen molar-refractivity contribution in [1.82, 2.24) is 15.5 Å². The summed E-state index contributed by atoms with van der Waals surface area (Å²) in [6, 6.07) is 3.15. The van der Waals surface area contributed by atoms with Crippen LogP contribution in [0, 0.1) is 5.92 Å². The maximum Gasteiger partial charge on any atom is 0.0518 e. The molecule has 0 aromatic carbocycles. The second kappa shape index (κ2) is 3.50. The number of hydrogen-bond donors (Lipinski definition) is 2. The second-order valence-corrected chi connectivity index (χ2v) is 4.17. The van der Waals surface area contributed by atoms with Gasteiger partial charge < -0.3 is 5.32 Å². The summed E-state index contributed by atoms with van der Waals surface area (Å²) in [6.07, 6.45) is 4.44. The molecule has 0 radical (unpaired) electrons. The Kier molecular flexibility index (Phi) is 2.36. The van der Waals surface area contributed by atoms with Gasteiger partial charge in [0.25, 0.3) is 0 Å². The lowest BCUT2D eigenvalue weighted by atomic mass is 9.81. The zero-order valence-electron chi connectivity index (χ0n) is 8.25. The summed E-state index contributed by atoms with van der Waals surface area (Å²) >= 11 is 0. The van der Waals surface area contributed by atoms with Crippen LogP contribution in [0.2, 0.25) is 0 Å². The van der Waals surface area contributed by atoms with E-state index in [9.17, 15) is 0 Å². The number of aromatic amines is 1. The smallest absolute Gasteiger partial charge is 0.0518 e. The molecule has 1 heterocycles. The highest BCUT2D eigenvalue weighted by Gasteiger charge is 2.26. The zero-order valence-corrected chi connectivity index (χ0v) is 8.25. The van der Waals surface area contributed by atoms with Crippen molar-refractivity contribution < 1.29 is 0 Å². The third-order valence-electron chi connectivity index (χ3n) is 2.85. The number of aromatic nitrogens is 2. The quantitative estimate of drug-likeness (QED) is 0.743. The Morgan fingerprint density at radius 1 is 1.62 bits per heavy atom. The molecule has 72 valence electrons. The van der Waals surface area contributed by atoms with Gasteiger partial charge in [0.2, 0.25) is 0 Å². The minimum atomic E-state index is 0.403. The Labute approximate surface area is 78.9 Å². The highest BCUT2D eigenvalue weighted by atomic mass is 15.1. The number of nitrogens with zero attached hydrogens (tertiary/aromatic N) is 1. The SMILES string of the molecule is CC1CC(NC(C)c2ccn[nH]2)C1. The maximum absolute atomic E-state index is 3.94. The van der Waals surface area contributed by atoms with Gasteiger partial charge in [0.1, 0.15) is 0 Å². The standard InChI is InChI=1S/C10H17N3/c1-7-5-9(6-7)12-8(2)10-3-4-11-13-10/h3-4,7-9,12H,5-6H2,1-2H3,(H,11,13). The summed E-state index contributed by atoms with van der Waals surface area (Å²) in [6.45, 7) is 4.48. The second-order valence-electron chi connectivity index (χ2n) is 4.17. The van der Waals surface area contributed by atoms with Crippen molar-refractivity contribution >= 4 is 0 Å². The van der Waals surface area contributed by atoms with Crippen molar-refractivity contribution in [2.45, 2.75) is 38.8 Å². The van der Waals surface area contributed by atoms with Crippen molar-refractivity contribution in [3.8, 4) is 0 Å². The van der Waals surface area contributed by atoms with E-state index >= 15 is 0 Å². The number of nitrogens with one attached hydrogen (secondary N) is 2. The van der Waals surface area contributed by atoms with Gasteiger partial charge in [0.15, 0.2) is 0 Å². The van der Waals surface area contributed by atoms with Gasteiger partial charge in [-0.25, -0.2) is 0 Å². The Hall–Kier alpha value is -0.830. The fourth-order valence-electron chi connectivity index (χ4n) is 1.99. The first kappa shape index (κ1) is 8.75. The molecule has 0 amide bonds. The van der Waals surface area contributed by atoms with Crippen molar-refractivity contribution in [3.63, 3.8) is 0 Å². The molecule has 1 aromatic heterocycles. The van der Waals surface area contributed by atoms with Crippen LogP contribution in [-0.4, -0.2) is 16.2 Å². The summed E-state index contributed by atoms with van der Waals surface area (Å²) < 4.78 is 0. The normalized spacial score (nSPS) is 29.7. The van der Waals surface area contributed by atoms with E-state index < -0.39 is 0 Å². The Morgan fingerprint density at radius 2 is 2.38 bits per heavy atom. The number of H-pyrrole nitrogens is 1. The predicted molar refractivity (Wildman–Crippen MR) is 52.3 cm³/mol. The highest BCUT2D eigenvalue weighted by Crippen LogP contribution is 2.28. The monoisotopic (exact) mass is 179 g/mol. The molecule has 2 N–H and O–H groups in total. The van der Waals surface area contributed by atoms with Crippen LogP contribution in [0.4, 0.5) is 0 Å². The molecule has 3 nitrogen and oxygen atoms in total. The fourth-order valence-corrected chi connectivity index (χ4v) is 1.99. The molecule has 0 spiro atoms. The van der Waals surface area contributed by atoms with E-state index in [0.29, 0.717) is 12.1 Å². The van der Waals surface area contributed by atoms with Crippen LogP contribution < -0.4 is 5.32 Å². The van der Waals surface area contributed by atoms with Crippen molar-refractivity contribution in [2.75, 3.05) is 0 Å². The van der Waals surface area contributed by atoms with Gasteiger partial charge in [-0.15, -0.1) is 0 Å². The zero-order chi connectivity index (χ0) is 9.26. The van der Waals surface area contributed by atoms with E-state index in [1.54, 1.807) is 6.20 Å². The molecule has 1 unspecified atom stereocenters. The van der Waals surface area contributed by atoms with E-state index in [0.717, 1.165) is 5.92 Å². The average molecular weight is 179 g/mol. The third kappa shape index (κ3) is 1.91. The van der Waals surface area contributed by atoms with Gasteiger partial charge in [-0.2, -0.15) is 5.10 Å². The van der Waals surface area contributed by atoms with E-state index in [-0.39, 0.29) is 0 Å². The van der Waals surface area contributed by atoms with Crippen LogP contribution in [0.5, 0.6) is 0 Å². The first-order valence-corrected chi connectivity index (χ1v) is 5.01. The summed E-state index contributed by atoms with van der Waals surface area (Å²) in [5, 5.41) is 10.5. The van der Waals surface area contributed by atoms with Crippen LogP contribution in [-0.2, 0) is 0 Å². The van der Waals surface area contributed by atoms with E-state index in [1.807, 2.05) is 6.07 Å². The minimum Gasteiger partial charge on any atom is -0.306 e. The molecule has 1 fully saturated rings. The van der Waals surface area contributed by atoms with Gasteiger partial charge in [0.05, 0.1) is 5.69 Å². The summed E-state index contributed by atoms with van der Waals surface area (Å²) in [4.78, 5) is 0. The van der Waals surface area contributed by atoms with Crippen LogP contribution in [0.25, 0.3) is 0 Å². The van der Waals surface area contributed by atoms with Crippen molar-refractivity contribution in [1.29, 1.82) is 0 Å². The number of rotatable bonds is 3. The van der Waals surface area contributed by atoms with Gasteiger partial charge in [-0.1, -0.05) is 6.92 Å². The van der Waals surface area contributed by atoms with E-state index in [2.05, 4.69) is 29.4 Å². The summed E-state index contributed by atoms with van der Waals surface area (Å²) in [7, 11) is 0. The topological polar surface area (TPSA) is 40.7 Å². The molecule has 0 aliphatic heterocycles. The molecule has 2 rings (SSSR count). The van der Waals surface area contributed by atoms with Crippen LogP contribution in [0.3, 0.4) is 0 Å². The molecule has 13 heavy (non-hydrogen) atoms. The summed E-state index contributed by atoms with van der Waals surface area (Å²) in [5.74, 6) is 0.909. The van der Waals surface area contributed by atoms with Crippen LogP contribution >= 0.6 is 0 Å². The average Bonchev–Trinajstić information content (AvgIpc) is 2.53. The molecule has 1 atom stereocenters. The predicted octanol–water partition coefficient (Wildman–Crippen LogP) is 1.86. The first-order valence-electron chi connectivity index (χ1n) is 5.01. The molecule has 1 aliphatic carbocycles. The lowest BCUT2D eigenvalue weighted by Crippen LogP contribution is -2.41. The van der Waals surface area contributed by atoms with Crippen molar-refractivity contribution in [2.24, 2.45) is 5.92 Å². The lowest BCUT2D eigenvalue weighted by molar-refractivity contribution is 0.225. The minimum absolute atomic E-state index is 0.403. The highest BCUT2D eigenvalue weighted by molar-refractivity contribution is 5.04. The maximum atomic E-state index is 3.94. The third-order valence-corrected chi connectivity index (χ3v) is 2.85. The molecular weight excluding hydrogens is 162 g/mol. The molecule has 1 saturated carbocycles. The Balaban J connectivity index is 1.82. The summed E-state index contributed by atoms with van der Waals surface area (Å²) in [5.41, 5.74) is 1.18. The molecule has 1 aliphatic rings. The van der Waals surface area contributed by atoms with Gasteiger partial charge in [0, 0.05) is 18.3 Å². The first-order chi connectivity index (χ1) is 6.25. The van der Waals surface area contributed by atoms with Gasteiger partial charge in [-0.3, -0.25) is 5.10 Å². The Morgan fingerprint density at radius 3 is 2.92 bits per heavy atom. The van der Waals surface area contributed by atoms with Crippen LogP contribution in [0.1, 0.15) is 38.4 Å².